The molecule has 1 spiro atoms. The molecule has 134 valence electrons. The molecule has 1 atom stereocenters. The maximum Gasteiger partial charge on any atom is 0.0924 e. The van der Waals surface area contributed by atoms with E-state index in [4.69, 9.17) is 4.74 Å². The normalized spacial score (nSPS) is 23.2. The Labute approximate surface area is 149 Å². The van der Waals surface area contributed by atoms with E-state index in [1.54, 1.807) is 0 Å². The third kappa shape index (κ3) is 3.78. The molecule has 5 heteroatoms. The maximum absolute atomic E-state index is 6.21. The molecule has 5 nitrogen and oxygen atoms in total. The molecular formula is C20H28N4O. The number of rotatable bonds is 4. The van der Waals surface area contributed by atoms with Crippen LogP contribution in [0.2, 0.25) is 0 Å². The number of nitrogens with one attached hydrogen (secondary N) is 2. The molecule has 1 aromatic heterocycles. The molecule has 2 N–H and O–H groups in total. The van der Waals surface area contributed by atoms with E-state index in [0.29, 0.717) is 6.04 Å². The molecule has 2 fully saturated rings. The second-order valence-electron chi connectivity index (χ2n) is 7.49. The van der Waals surface area contributed by atoms with Crippen LogP contribution in [0.1, 0.15) is 31.4 Å². The van der Waals surface area contributed by atoms with E-state index >= 15 is 0 Å². The van der Waals surface area contributed by atoms with Gasteiger partial charge in [0.05, 0.1) is 11.3 Å². The predicted molar refractivity (Wildman–Crippen MR) is 99.3 cm³/mol. The average molecular weight is 340 g/mol. The van der Waals surface area contributed by atoms with Gasteiger partial charge in [0.2, 0.25) is 0 Å². The van der Waals surface area contributed by atoms with Crippen molar-refractivity contribution in [2.75, 3.05) is 26.7 Å². The molecule has 0 saturated carbocycles. The zero-order valence-electron chi connectivity index (χ0n) is 15.0. The highest BCUT2D eigenvalue weighted by Crippen LogP contribution is 2.35. The van der Waals surface area contributed by atoms with Gasteiger partial charge in [0.15, 0.2) is 0 Å². The SMILES string of the molecule is CN(Cc1cc(-c2ccccc2)n[nH]1)C1CCOC2(CCNCC2)C1. The summed E-state index contributed by atoms with van der Waals surface area (Å²) in [5.74, 6) is 0. The standard InChI is InChI=1S/C20H28N4O/c1-24(18-7-12-25-20(14-18)8-10-21-11-9-20)15-17-13-19(23-22-17)16-5-3-2-4-6-16/h2-6,13,18,21H,7-12,14-15H2,1H3,(H,22,23). The monoisotopic (exact) mass is 340 g/mol. The molecule has 0 amide bonds. The zero-order chi connectivity index (χ0) is 17.1. The fraction of sp³-hybridized carbons (Fsp3) is 0.550. The maximum atomic E-state index is 6.21. The van der Waals surface area contributed by atoms with Crippen LogP contribution in [0.15, 0.2) is 36.4 Å². The molecule has 2 saturated heterocycles. The topological polar surface area (TPSA) is 53.2 Å². The molecule has 0 aliphatic carbocycles. The third-order valence-electron chi connectivity index (χ3n) is 5.73. The molecule has 0 bridgehead atoms. The van der Waals surface area contributed by atoms with Crippen LogP contribution in [0.25, 0.3) is 11.3 Å². The predicted octanol–water partition coefficient (Wildman–Crippen LogP) is 2.81. The Hall–Kier alpha value is -1.69. The Morgan fingerprint density at radius 2 is 2.04 bits per heavy atom. The highest BCUT2D eigenvalue weighted by Gasteiger charge is 2.39. The molecule has 3 heterocycles. The number of aromatic nitrogens is 2. The highest BCUT2D eigenvalue weighted by molar-refractivity contribution is 5.58. The number of hydrogen-bond acceptors (Lipinski definition) is 4. The van der Waals surface area contributed by atoms with E-state index in [2.05, 4.69) is 57.8 Å². The number of hydrogen-bond donors (Lipinski definition) is 2. The summed E-state index contributed by atoms with van der Waals surface area (Å²) >= 11 is 0. The Bertz CT molecular complexity index is 673. The van der Waals surface area contributed by atoms with Crippen molar-refractivity contribution in [3.8, 4) is 11.3 Å². The van der Waals surface area contributed by atoms with Gasteiger partial charge in [0, 0.05) is 30.5 Å². The first kappa shape index (κ1) is 16.8. The lowest BCUT2D eigenvalue weighted by Crippen LogP contribution is -2.52. The summed E-state index contributed by atoms with van der Waals surface area (Å²) in [6, 6.07) is 13.1. The second-order valence-corrected chi connectivity index (χ2v) is 7.49. The van der Waals surface area contributed by atoms with Crippen LogP contribution in [-0.2, 0) is 11.3 Å². The number of piperidine rings is 1. The molecule has 0 radical (unpaired) electrons. The number of aromatic amines is 1. The van der Waals surface area contributed by atoms with Crippen LogP contribution in [0.3, 0.4) is 0 Å². The van der Waals surface area contributed by atoms with Crippen LogP contribution in [0, 0.1) is 0 Å². The smallest absolute Gasteiger partial charge is 0.0924 e. The van der Waals surface area contributed by atoms with Crippen molar-refractivity contribution < 1.29 is 4.74 Å². The lowest BCUT2D eigenvalue weighted by atomic mass is 9.82. The molecule has 2 aliphatic heterocycles. The highest BCUT2D eigenvalue weighted by atomic mass is 16.5. The van der Waals surface area contributed by atoms with Crippen molar-refractivity contribution in [1.29, 1.82) is 0 Å². The number of benzene rings is 1. The second kappa shape index (κ2) is 7.28. The van der Waals surface area contributed by atoms with Gasteiger partial charge < -0.3 is 10.1 Å². The first-order chi connectivity index (χ1) is 12.2. The first-order valence-corrected chi connectivity index (χ1v) is 9.39. The van der Waals surface area contributed by atoms with Crippen molar-refractivity contribution in [2.24, 2.45) is 0 Å². The van der Waals surface area contributed by atoms with Crippen LogP contribution in [0.4, 0.5) is 0 Å². The Morgan fingerprint density at radius 1 is 1.24 bits per heavy atom. The van der Waals surface area contributed by atoms with Gasteiger partial charge in [-0.25, -0.2) is 0 Å². The summed E-state index contributed by atoms with van der Waals surface area (Å²) in [4.78, 5) is 2.47. The lowest BCUT2D eigenvalue weighted by molar-refractivity contribution is -0.119. The summed E-state index contributed by atoms with van der Waals surface area (Å²) < 4.78 is 6.21. The van der Waals surface area contributed by atoms with Crippen molar-refractivity contribution in [2.45, 2.75) is 43.9 Å². The minimum absolute atomic E-state index is 0.103. The summed E-state index contributed by atoms with van der Waals surface area (Å²) in [5.41, 5.74) is 3.45. The van der Waals surface area contributed by atoms with Crippen molar-refractivity contribution in [3.05, 3.63) is 42.1 Å². The van der Waals surface area contributed by atoms with Gasteiger partial charge in [-0.15, -0.1) is 0 Å². The zero-order valence-corrected chi connectivity index (χ0v) is 15.0. The van der Waals surface area contributed by atoms with Crippen LogP contribution < -0.4 is 5.32 Å². The van der Waals surface area contributed by atoms with E-state index in [1.165, 1.54) is 5.69 Å². The van der Waals surface area contributed by atoms with Crippen molar-refractivity contribution >= 4 is 0 Å². The van der Waals surface area contributed by atoms with E-state index in [9.17, 15) is 0 Å². The van der Waals surface area contributed by atoms with Crippen molar-refractivity contribution in [1.82, 2.24) is 20.4 Å². The lowest BCUT2D eigenvalue weighted by Gasteiger charge is -2.46. The van der Waals surface area contributed by atoms with E-state index < -0.39 is 0 Å². The Balaban J connectivity index is 1.40. The van der Waals surface area contributed by atoms with Crippen molar-refractivity contribution in [3.63, 3.8) is 0 Å². The van der Waals surface area contributed by atoms with Crippen LogP contribution in [-0.4, -0.2) is 53.5 Å². The minimum atomic E-state index is 0.103. The number of nitrogens with zero attached hydrogens (tertiary/aromatic N) is 2. The Morgan fingerprint density at radius 3 is 2.84 bits per heavy atom. The van der Waals surface area contributed by atoms with Gasteiger partial charge in [0.25, 0.3) is 0 Å². The third-order valence-corrected chi connectivity index (χ3v) is 5.73. The molecule has 25 heavy (non-hydrogen) atoms. The Kier molecular flexibility index (Phi) is 4.88. The molecule has 1 unspecified atom stereocenters. The molecular weight excluding hydrogens is 312 g/mol. The van der Waals surface area contributed by atoms with Gasteiger partial charge in [0.1, 0.15) is 0 Å². The van der Waals surface area contributed by atoms with Crippen LogP contribution in [0.5, 0.6) is 0 Å². The first-order valence-electron chi connectivity index (χ1n) is 9.39. The summed E-state index contributed by atoms with van der Waals surface area (Å²) in [7, 11) is 2.23. The number of H-pyrrole nitrogens is 1. The average Bonchev–Trinajstić information content (AvgIpc) is 3.12. The van der Waals surface area contributed by atoms with E-state index in [0.717, 1.165) is 63.2 Å². The van der Waals surface area contributed by atoms with Gasteiger partial charge >= 0.3 is 0 Å². The fourth-order valence-electron chi connectivity index (χ4n) is 4.21. The van der Waals surface area contributed by atoms with Gasteiger partial charge in [-0.05, 0) is 51.9 Å². The molecule has 2 aromatic rings. The van der Waals surface area contributed by atoms with Gasteiger partial charge in [-0.2, -0.15) is 5.10 Å². The van der Waals surface area contributed by atoms with Gasteiger partial charge in [-0.1, -0.05) is 30.3 Å². The summed E-state index contributed by atoms with van der Waals surface area (Å²) in [6.07, 6.45) is 4.54. The van der Waals surface area contributed by atoms with E-state index in [-0.39, 0.29) is 5.60 Å². The van der Waals surface area contributed by atoms with E-state index in [1.807, 2.05) is 6.07 Å². The molecule has 1 aromatic carbocycles. The minimum Gasteiger partial charge on any atom is -0.375 e. The summed E-state index contributed by atoms with van der Waals surface area (Å²) in [6.45, 7) is 3.95. The molecule has 4 rings (SSSR count). The quantitative estimate of drug-likeness (QED) is 0.899. The summed E-state index contributed by atoms with van der Waals surface area (Å²) in [5, 5.41) is 11.1. The largest absolute Gasteiger partial charge is 0.375 e. The number of ether oxygens (including phenoxy) is 1. The fourth-order valence-corrected chi connectivity index (χ4v) is 4.21. The van der Waals surface area contributed by atoms with Gasteiger partial charge in [-0.3, -0.25) is 10.00 Å². The van der Waals surface area contributed by atoms with Crippen LogP contribution >= 0.6 is 0 Å². The molecule has 2 aliphatic rings.